The van der Waals surface area contributed by atoms with Gasteiger partial charge in [-0.15, -0.1) is 0 Å². The number of hydrogen-bond acceptors (Lipinski definition) is 3. The van der Waals surface area contributed by atoms with E-state index in [-0.39, 0.29) is 12.1 Å². The molecule has 5 nitrogen and oxygen atoms in total. The highest BCUT2D eigenvalue weighted by Crippen LogP contribution is 2.25. The van der Waals surface area contributed by atoms with Gasteiger partial charge in [-0.1, -0.05) is 26.2 Å². The van der Waals surface area contributed by atoms with Crippen LogP contribution in [0.1, 0.15) is 51.0 Å². The largest absolute Gasteiger partial charge is 0.335 e. The zero-order valence-electron chi connectivity index (χ0n) is 14.9. The number of hydrogen-bond donors (Lipinski definition) is 1. The summed E-state index contributed by atoms with van der Waals surface area (Å²) >= 11 is 1.69. The van der Waals surface area contributed by atoms with E-state index in [1.54, 1.807) is 23.9 Å². The van der Waals surface area contributed by atoms with Crippen LogP contribution in [0.15, 0.2) is 35.5 Å². The number of imidazole rings is 1. The van der Waals surface area contributed by atoms with Gasteiger partial charge in [-0.05, 0) is 41.7 Å². The van der Waals surface area contributed by atoms with Crippen molar-refractivity contribution in [1.29, 1.82) is 0 Å². The van der Waals surface area contributed by atoms with Crippen molar-refractivity contribution < 1.29 is 4.79 Å². The van der Waals surface area contributed by atoms with E-state index in [1.807, 2.05) is 10.8 Å². The minimum absolute atomic E-state index is 0.0741. The Kier molecular flexibility index (Phi) is 6.50. The fourth-order valence-corrected chi connectivity index (χ4v) is 4.18. The molecule has 0 spiro atoms. The number of rotatable bonds is 7. The van der Waals surface area contributed by atoms with Crippen LogP contribution in [0.3, 0.4) is 0 Å². The van der Waals surface area contributed by atoms with Gasteiger partial charge in [0.1, 0.15) is 0 Å². The van der Waals surface area contributed by atoms with Crippen LogP contribution >= 0.6 is 11.3 Å². The number of thiophene rings is 1. The van der Waals surface area contributed by atoms with Crippen LogP contribution in [0.5, 0.6) is 0 Å². The van der Waals surface area contributed by atoms with Gasteiger partial charge in [0, 0.05) is 37.6 Å². The van der Waals surface area contributed by atoms with Crippen LogP contribution in [-0.2, 0) is 13.1 Å². The van der Waals surface area contributed by atoms with Crippen molar-refractivity contribution in [3.63, 3.8) is 0 Å². The summed E-state index contributed by atoms with van der Waals surface area (Å²) in [5, 5.41) is 7.48. The summed E-state index contributed by atoms with van der Waals surface area (Å²) in [6.07, 6.45) is 12.4. The molecule has 1 N–H and O–H groups in total. The minimum Gasteiger partial charge on any atom is -0.335 e. The molecular weight excluding hydrogens is 332 g/mol. The van der Waals surface area contributed by atoms with Crippen molar-refractivity contribution in [3.8, 4) is 0 Å². The van der Waals surface area contributed by atoms with E-state index < -0.39 is 0 Å². The number of urea groups is 1. The molecule has 1 atom stereocenters. The number of carbonyl (C=O) groups is 1. The molecule has 0 bridgehead atoms. The van der Waals surface area contributed by atoms with Gasteiger partial charge >= 0.3 is 6.03 Å². The molecule has 1 fully saturated rings. The van der Waals surface area contributed by atoms with Crippen LogP contribution < -0.4 is 5.32 Å². The Bertz CT molecular complexity index is 620. The summed E-state index contributed by atoms with van der Waals surface area (Å²) in [7, 11) is 0. The normalized spacial score (nSPS) is 16.5. The highest BCUT2D eigenvalue weighted by Gasteiger charge is 2.27. The first-order valence-electron chi connectivity index (χ1n) is 9.30. The highest BCUT2D eigenvalue weighted by atomic mass is 32.1. The van der Waals surface area contributed by atoms with Crippen molar-refractivity contribution in [2.75, 3.05) is 0 Å². The number of nitrogens with zero attached hydrogens (tertiary/aromatic N) is 3. The Balaban J connectivity index is 1.66. The van der Waals surface area contributed by atoms with Gasteiger partial charge < -0.3 is 14.8 Å². The summed E-state index contributed by atoms with van der Waals surface area (Å²) in [6.45, 7) is 3.59. The van der Waals surface area contributed by atoms with E-state index in [4.69, 9.17) is 0 Å². The second-order valence-corrected chi connectivity index (χ2v) is 7.65. The average Bonchev–Trinajstić information content (AvgIpc) is 3.33. The zero-order chi connectivity index (χ0) is 17.5. The van der Waals surface area contributed by atoms with Crippen LogP contribution in [0.4, 0.5) is 4.79 Å². The van der Waals surface area contributed by atoms with E-state index in [9.17, 15) is 4.79 Å². The van der Waals surface area contributed by atoms with E-state index in [1.165, 1.54) is 24.8 Å². The third-order valence-electron chi connectivity index (χ3n) is 5.02. The molecule has 0 saturated heterocycles. The molecule has 2 amide bonds. The van der Waals surface area contributed by atoms with Crippen molar-refractivity contribution in [1.82, 2.24) is 19.8 Å². The first kappa shape index (κ1) is 18.0. The standard InChI is InChI=1S/C19H28N4OS/c1-2-17(13-22-10-9-20-15-22)21-19(24)23(12-16-8-11-25-14-16)18-6-4-3-5-7-18/h8-11,14-15,17-18H,2-7,12-13H2,1H3,(H,21,24)/t17-/m0/s1. The molecule has 2 heterocycles. The molecule has 0 aliphatic heterocycles. The van der Waals surface area contributed by atoms with Crippen molar-refractivity contribution in [2.24, 2.45) is 0 Å². The average molecular weight is 361 g/mol. The monoisotopic (exact) mass is 360 g/mol. The van der Waals surface area contributed by atoms with E-state index >= 15 is 0 Å². The molecule has 0 aromatic carbocycles. The summed E-state index contributed by atoms with van der Waals surface area (Å²) in [4.78, 5) is 19.2. The number of amides is 2. The third-order valence-corrected chi connectivity index (χ3v) is 5.75. The Labute approximate surface area is 154 Å². The van der Waals surface area contributed by atoms with Crippen LogP contribution in [-0.4, -0.2) is 32.6 Å². The molecule has 1 aliphatic carbocycles. The lowest BCUT2D eigenvalue weighted by atomic mass is 9.94. The second kappa shape index (κ2) is 9.04. The molecule has 136 valence electrons. The first-order valence-corrected chi connectivity index (χ1v) is 10.2. The molecule has 0 unspecified atom stereocenters. The molecule has 2 aromatic heterocycles. The van der Waals surface area contributed by atoms with Gasteiger partial charge in [-0.3, -0.25) is 0 Å². The summed E-state index contributed by atoms with van der Waals surface area (Å²) in [5.41, 5.74) is 1.23. The lowest BCUT2D eigenvalue weighted by molar-refractivity contribution is 0.146. The highest BCUT2D eigenvalue weighted by molar-refractivity contribution is 7.07. The van der Waals surface area contributed by atoms with Crippen molar-refractivity contribution in [3.05, 3.63) is 41.1 Å². The topological polar surface area (TPSA) is 50.2 Å². The Morgan fingerprint density at radius 3 is 2.92 bits per heavy atom. The van der Waals surface area contributed by atoms with Gasteiger partial charge in [-0.25, -0.2) is 9.78 Å². The van der Waals surface area contributed by atoms with Gasteiger partial charge in [0.05, 0.1) is 6.33 Å². The molecule has 3 rings (SSSR count). The smallest absolute Gasteiger partial charge is 0.318 e. The molecule has 1 aliphatic rings. The fourth-order valence-electron chi connectivity index (χ4n) is 3.52. The van der Waals surface area contributed by atoms with Gasteiger partial charge in [0.25, 0.3) is 0 Å². The van der Waals surface area contributed by atoms with Crippen molar-refractivity contribution >= 4 is 17.4 Å². The van der Waals surface area contributed by atoms with E-state index in [2.05, 4.69) is 39.0 Å². The quantitative estimate of drug-likeness (QED) is 0.802. The predicted molar refractivity (Wildman–Crippen MR) is 102 cm³/mol. The van der Waals surface area contributed by atoms with Gasteiger partial charge in [0.2, 0.25) is 0 Å². The summed E-state index contributed by atoms with van der Waals surface area (Å²) < 4.78 is 2.03. The maximum atomic E-state index is 13.1. The first-order chi connectivity index (χ1) is 12.3. The van der Waals surface area contributed by atoms with Crippen LogP contribution in [0.2, 0.25) is 0 Å². The lowest BCUT2D eigenvalue weighted by Gasteiger charge is -2.35. The van der Waals surface area contributed by atoms with E-state index in [0.29, 0.717) is 12.6 Å². The van der Waals surface area contributed by atoms with E-state index in [0.717, 1.165) is 25.8 Å². The van der Waals surface area contributed by atoms with Gasteiger partial charge in [-0.2, -0.15) is 11.3 Å². The molecular formula is C19H28N4OS. The molecule has 6 heteroatoms. The lowest BCUT2D eigenvalue weighted by Crippen LogP contribution is -2.50. The van der Waals surface area contributed by atoms with Crippen LogP contribution in [0.25, 0.3) is 0 Å². The summed E-state index contributed by atoms with van der Waals surface area (Å²) in [6, 6.07) is 2.68. The Morgan fingerprint density at radius 2 is 2.28 bits per heavy atom. The molecule has 1 saturated carbocycles. The molecule has 25 heavy (non-hydrogen) atoms. The Morgan fingerprint density at radius 1 is 1.44 bits per heavy atom. The molecule has 2 aromatic rings. The van der Waals surface area contributed by atoms with Crippen molar-refractivity contribution in [2.45, 2.75) is 70.6 Å². The number of carbonyl (C=O) groups excluding carboxylic acids is 1. The Hall–Kier alpha value is -1.82. The number of nitrogens with one attached hydrogen (secondary N) is 1. The third kappa shape index (κ3) is 5.08. The SMILES string of the molecule is CC[C@@H](Cn1ccnc1)NC(=O)N(Cc1ccsc1)C1CCCCC1. The van der Waals surface area contributed by atoms with Crippen LogP contribution in [0, 0.1) is 0 Å². The maximum absolute atomic E-state index is 13.1. The molecule has 0 radical (unpaired) electrons. The second-order valence-electron chi connectivity index (χ2n) is 6.87. The van der Waals surface area contributed by atoms with Gasteiger partial charge in [0.15, 0.2) is 0 Å². The predicted octanol–water partition coefficient (Wildman–Crippen LogP) is 4.27. The number of aromatic nitrogens is 2. The fraction of sp³-hybridized carbons (Fsp3) is 0.579. The summed E-state index contributed by atoms with van der Waals surface area (Å²) in [5.74, 6) is 0. The minimum atomic E-state index is 0.0741. The zero-order valence-corrected chi connectivity index (χ0v) is 15.8. The maximum Gasteiger partial charge on any atom is 0.318 e.